The SMILES string of the molecule is COc1cnc(OC2CCN(CC(=O)NC(C)C)C2)nc1. The average molecular weight is 294 g/mol. The van der Waals surface area contributed by atoms with E-state index in [1.165, 1.54) is 0 Å². The van der Waals surface area contributed by atoms with Crippen LogP contribution in [0.3, 0.4) is 0 Å². The predicted octanol–water partition coefficient (Wildman–Crippen LogP) is 0.463. The third kappa shape index (κ3) is 4.86. The number of likely N-dealkylation sites (tertiary alicyclic amines) is 1. The summed E-state index contributed by atoms with van der Waals surface area (Å²) in [7, 11) is 1.57. The molecular formula is C14H22N4O3. The Balaban J connectivity index is 1.78. The third-order valence-electron chi connectivity index (χ3n) is 3.16. The zero-order valence-corrected chi connectivity index (χ0v) is 12.7. The Kier molecular flexibility index (Phi) is 5.32. The monoisotopic (exact) mass is 294 g/mol. The van der Waals surface area contributed by atoms with Gasteiger partial charge in [0.25, 0.3) is 0 Å². The van der Waals surface area contributed by atoms with Crippen LogP contribution in [0, 0.1) is 0 Å². The van der Waals surface area contributed by atoms with Crippen LogP contribution in [-0.2, 0) is 4.79 Å². The Morgan fingerprint density at radius 2 is 2.19 bits per heavy atom. The molecule has 1 aliphatic heterocycles. The zero-order chi connectivity index (χ0) is 15.2. The first kappa shape index (κ1) is 15.5. The minimum absolute atomic E-state index is 0.0187. The van der Waals surface area contributed by atoms with Crippen molar-refractivity contribution in [2.45, 2.75) is 32.4 Å². The Morgan fingerprint density at radius 1 is 1.48 bits per heavy atom. The number of rotatable bonds is 6. The molecule has 1 unspecified atom stereocenters. The Bertz CT molecular complexity index is 464. The molecule has 2 heterocycles. The van der Waals surface area contributed by atoms with Crippen molar-refractivity contribution in [3.05, 3.63) is 12.4 Å². The first-order valence-electron chi connectivity index (χ1n) is 7.11. The molecule has 0 aromatic carbocycles. The number of nitrogens with one attached hydrogen (secondary N) is 1. The van der Waals surface area contributed by atoms with Gasteiger partial charge in [0.15, 0.2) is 5.75 Å². The molecule has 0 bridgehead atoms. The lowest BCUT2D eigenvalue weighted by Crippen LogP contribution is -2.39. The maximum absolute atomic E-state index is 11.7. The van der Waals surface area contributed by atoms with E-state index in [4.69, 9.17) is 9.47 Å². The number of aromatic nitrogens is 2. The molecule has 0 aliphatic carbocycles. The highest BCUT2D eigenvalue weighted by Crippen LogP contribution is 2.16. The Morgan fingerprint density at radius 3 is 2.81 bits per heavy atom. The molecule has 1 aromatic heterocycles. The second kappa shape index (κ2) is 7.21. The minimum Gasteiger partial charge on any atom is -0.494 e. The van der Waals surface area contributed by atoms with Crippen LogP contribution in [0.15, 0.2) is 12.4 Å². The first-order valence-corrected chi connectivity index (χ1v) is 7.11. The van der Waals surface area contributed by atoms with Crippen molar-refractivity contribution in [2.75, 3.05) is 26.7 Å². The predicted molar refractivity (Wildman–Crippen MR) is 77.3 cm³/mol. The molecule has 1 saturated heterocycles. The highest BCUT2D eigenvalue weighted by atomic mass is 16.5. The van der Waals surface area contributed by atoms with E-state index in [9.17, 15) is 4.79 Å². The lowest BCUT2D eigenvalue weighted by Gasteiger charge is -2.17. The molecule has 0 saturated carbocycles. The summed E-state index contributed by atoms with van der Waals surface area (Å²) in [6.45, 7) is 5.86. The topological polar surface area (TPSA) is 76.6 Å². The lowest BCUT2D eigenvalue weighted by atomic mass is 10.3. The fourth-order valence-electron chi connectivity index (χ4n) is 2.23. The number of hydrogen-bond acceptors (Lipinski definition) is 6. The summed E-state index contributed by atoms with van der Waals surface area (Å²) >= 11 is 0. The normalized spacial score (nSPS) is 18.8. The number of amides is 1. The summed E-state index contributed by atoms with van der Waals surface area (Å²) < 4.78 is 10.7. The van der Waals surface area contributed by atoms with Crippen molar-refractivity contribution in [1.29, 1.82) is 0 Å². The van der Waals surface area contributed by atoms with E-state index in [1.807, 2.05) is 13.8 Å². The van der Waals surface area contributed by atoms with Gasteiger partial charge in [-0.2, -0.15) is 9.97 Å². The third-order valence-corrected chi connectivity index (χ3v) is 3.16. The second-order valence-corrected chi connectivity index (χ2v) is 5.39. The summed E-state index contributed by atoms with van der Waals surface area (Å²) in [5, 5.41) is 2.89. The standard InChI is InChI=1S/C14H22N4O3/c1-10(2)17-13(19)9-18-5-4-11(8-18)21-14-15-6-12(20-3)7-16-14/h6-7,10-11H,4-5,8-9H2,1-3H3,(H,17,19). The fourth-order valence-corrected chi connectivity index (χ4v) is 2.23. The average Bonchev–Trinajstić information content (AvgIpc) is 2.85. The van der Waals surface area contributed by atoms with Crippen molar-refractivity contribution >= 4 is 5.91 Å². The number of methoxy groups -OCH3 is 1. The Hall–Kier alpha value is -1.89. The summed E-state index contributed by atoms with van der Waals surface area (Å²) in [4.78, 5) is 22.0. The molecule has 1 amide bonds. The van der Waals surface area contributed by atoms with Gasteiger partial charge in [-0.1, -0.05) is 0 Å². The largest absolute Gasteiger partial charge is 0.494 e. The van der Waals surface area contributed by atoms with E-state index >= 15 is 0 Å². The molecular weight excluding hydrogens is 272 g/mol. The fraction of sp³-hybridized carbons (Fsp3) is 0.643. The van der Waals surface area contributed by atoms with E-state index in [0.29, 0.717) is 24.8 Å². The molecule has 1 fully saturated rings. The molecule has 7 heteroatoms. The van der Waals surface area contributed by atoms with E-state index in [0.717, 1.165) is 13.0 Å². The van der Waals surface area contributed by atoms with E-state index in [1.54, 1.807) is 19.5 Å². The van der Waals surface area contributed by atoms with Gasteiger partial charge in [0.05, 0.1) is 26.0 Å². The van der Waals surface area contributed by atoms with Crippen molar-refractivity contribution in [3.63, 3.8) is 0 Å². The summed E-state index contributed by atoms with van der Waals surface area (Å²) in [6, 6.07) is 0.508. The van der Waals surface area contributed by atoms with Crippen molar-refractivity contribution in [1.82, 2.24) is 20.2 Å². The molecule has 1 aliphatic rings. The molecule has 1 atom stereocenters. The first-order chi connectivity index (χ1) is 10.1. The number of carbonyl (C=O) groups is 1. The summed E-state index contributed by atoms with van der Waals surface area (Å²) in [6.07, 6.45) is 4.03. The highest BCUT2D eigenvalue weighted by Gasteiger charge is 2.26. The number of nitrogens with zero attached hydrogens (tertiary/aromatic N) is 3. The number of ether oxygens (including phenoxy) is 2. The second-order valence-electron chi connectivity index (χ2n) is 5.39. The number of carbonyl (C=O) groups excluding carboxylic acids is 1. The van der Waals surface area contributed by atoms with Gasteiger partial charge in [0, 0.05) is 19.1 Å². The maximum atomic E-state index is 11.7. The van der Waals surface area contributed by atoms with Crippen molar-refractivity contribution < 1.29 is 14.3 Å². The van der Waals surface area contributed by atoms with Crippen LogP contribution in [0.5, 0.6) is 11.8 Å². The molecule has 0 radical (unpaired) electrons. The van der Waals surface area contributed by atoms with Crippen molar-refractivity contribution in [2.24, 2.45) is 0 Å². The van der Waals surface area contributed by atoms with Crippen LogP contribution in [0.25, 0.3) is 0 Å². The minimum atomic E-state index is 0.0187. The molecule has 1 aromatic rings. The zero-order valence-electron chi connectivity index (χ0n) is 12.7. The maximum Gasteiger partial charge on any atom is 0.316 e. The molecule has 0 spiro atoms. The van der Waals surface area contributed by atoms with Gasteiger partial charge in [0.1, 0.15) is 6.10 Å². The van der Waals surface area contributed by atoms with Crippen LogP contribution in [0.2, 0.25) is 0 Å². The molecule has 2 rings (SSSR count). The van der Waals surface area contributed by atoms with Gasteiger partial charge in [0.2, 0.25) is 5.91 Å². The van der Waals surface area contributed by atoms with Crippen LogP contribution in [0.4, 0.5) is 0 Å². The smallest absolute Gasteiger partial charge is 0.316 e. The van der Waals surface area contributed by atoms with Gasteiger partial charge in [-0.15, -0.1) is 0 Å². The molecule has 116 valence electrons. The van der Waals surface area contributed by atoms with Crippen LogP contribution < -0.4 is 14.8 Å². The van der Waals surface area contributed by atoms with Crippen molar-refractivity contribution in [3.8, 4) is 11.8 Å². The van der Waals surface area contributed by atoms with E-state index in [2.05, 4.69) is 20.2 Å². The van der Waals surface area contributed by atoms with Gasteiger partial charge >= 0.3 is 6.01 Å². The lowest BCUT2D eigenvalue weighted by molar-refractivity contribution is -0.122. The van der Waals surface area contributed by atoms with E-state index in [-0.39, 0.29) is 18.1 Å². The summed E-state index contributed by atoms with van der Waals surface area (Å²) in [5.74, 6) is 0.645. The van der Waals surface area contributed by atoms with Crippen LogP contribution in [-0.4, -0.2) is 59.7 Å². The molecule has 21 heavy (non-hydrogen) atoms. The van der Waals surface area contributed by atoms with Gasteiger partial charge in [-0.25, -0.2) is 0 Å². The number of hydrogen-bond donors (Lipinski definition) is 1. The van der Waals surface area contributed by atoms with Crippen LogP contribution >= 0.6 is 0 Å². The quantitative estimate of drug-likeness (QED) is 0.821. The van der Waals surface area contributed by atoms with Gasteiger partial charge in [-0.05, 0) is 20.3 Å². The van der Waals surface area contributed by atoms with E-state index < -0.39 is 0 Å². The highest BCUT2D eigenvalue weighted by molar-refractivity contribution is 5.78. The molecule has 1 N–H and O–H groups in total. The van der Waals surface area contributed by atoms with Crippen LogP contribution in [0.1, 0.15) is 20.3 Å². The Labute approximate surface area is 124 Å². The van der Waals surface area contributed by atoms with Gasteiger partial charge in [-0.3, -0.25) is 9.69 Å². The summed E-state index contributed by atoms with van der Waals surface area (Å²) in [5.41, 5.74) is 0. The van der Waals surface area contributed by atoms with Gasteiger partial charge < -0.3 is 14.8 Å². The molecule has 7 nitrogen and oxygen atoms in total.